The summed E-state index contributed by atoms with van der Waals surface area (Å²) in [6.45, 7) is 8.12. The van der Waals surface area contributed by atoms with Gasteiger partial charge in [0.2, 0.25) is 0 Å². The summed E-state index contributed by atoms with van der Waals surface area (Å²) in [5.74, 6) is 1.28. The van der Waals surface area contributed by atoms with E-state index in [4.69, 9.17) is 4.42 Å². The predicted octanol–water partition coefficient (Wildman–Crippen LogP) is 1.34. The second kappa shape index (κ2) is 10.1. The highest BCUT2D eigenvalue weighted by atomic mass is 16.3. The summed E-state index contributed by atoms with van der Waals surface area (Å²) < 4.78 is 5.20. The molecule has 2 heterocycles. The molecule has 0 aromatic carbocycles. The second-order valence-corrected chi connectivity index (χ2v) is 6.39. The average Bonchev–Trinajstić information content (AvgIpc) is 3.18. The molecule has 2 rings (SSSR count). The average molecular weight is 349 g/mol. The third-order valence-electron chi connectivity index (χ3n) is 4.48. The number of hydrogen-bond donors (Lipinski definition) is 1. The van der Waals surface area contributed by atoms with Crippen molar-refractivity contribution < 1.29 is 9.21 Å². The van der Waals surface area contributed by atoms with Gasteiger partial charge in [-0.15, -0.1) is 0 Å². The standard InChI is InChI=1S/C18H31N5O2/c1-4-5-9-21(3)10-8-20-18(19-2)23-13-11-22(12-14-23)17(24)16-7-6-15-25-16/h6-7,15H,4-5,8-14H2,1-3H3,(H,19,20). The number of nitrogens with one attached hydrogen (secondary N) is 1. The first-order valence-electron chi connectivity index (χ1n) is 9.12. The Bertz CT molecular complexity index is 536. The Morgan fingerprint density at radius 3 is 2.60 bits per heavy atom. The Morgan fingerprint density at radius 2 is 2.00 bits per heavy atom. The number of aliphatic imine (C=N–C) groups is 1. The molecule has 0 bridgehead atoms. The number of amides is 1. The number of carbonyl (C=O) groups excluding carboxylic acids is 1. The maximum Gasteiger partial charge on any atom is 0.289 e. The van der Waals surface area contributed by atoms with E-state index in [2.05, 4.69) is 34.1 Å². The molecule has 0 aliphatic carbocycles. The van der Waals surface area contributed by atoms with Crippen molar-refractivity contribution in [3.63, 3.8) is 0 Å². The van der Waals surface area contributed by atoms with Gasteiger partial charge in [0.05, 0.1) is 6.26 Å². The molecule has 140 valence electrons. The minimum absolute atomic E-state index is 0.0369. The number of hydrogen-bond acceptors (Lipinski definition) is 4. The Kier molecular flexibility index (Phi) is 7.78. The Labute approximate surface area is 150 Å². The first-order valence-corrected chi connectivity index (χ1v) is 9.12. The predicted molar refractivity (Wildman–Crippen MR) is 100.0 cm³/mol. The summed E-state index contributed by atoms with van der Waals surface area (Å²) in [7, 11) is 3.96. The highest BCUT2D eigenvalue weighted by Crippen LogP contribution is 2.09. The molecule has 7 nitrogen and oxygen atoms in total. The van der Waals surface area contributed by atoms with Gasteiger partial charge in [0.15, 0.2) is 11.7 Å². The highest BCUT2D eigenvalue weighted by Gasteiger charge is 2.25. The number of guanidine groups is 1. The molecule has 7 heteroatoms. The summed E-state index contributed by atoms with van der Waals surface area (Å²) in [6, 6.07) is 3.46. The first kappa shape index (κ1) is 19.3. The van der Waals surface area contributed by atoms with Crippen LogP contribution in [0.2, 0.25) is 0 Å². The van der Waals surface area contributed by atoms with E-state index in [0.29, 0.717) is 18.8 Å². The van der Waals surface area contributed by atoms with Gasteiger partial charge >= 0.3 is 0 Å². The molecule has 0 spiro atoms. The summed E-state index contributed by atoms with van der Waals surface area (Å²) >= 11 is 0. The summed E-state index contributed by atoms with van der Waals surface area (Å²) in [5.41, 5.74) is 0. The van der Waals surface area contributed by atoms with Crippen molar-refractivity contribution in [3.05, 3.63) is 24.2 Å². The van der Waals surface area contributed by atoms with Crippen molar-refractivity contribution in [2.45, 2.75) is 19.8 Å². The zero-order valence-electron chi connectivity index (χ0n) is 15.7. The molecule has 1 saturated heterocycles. The molecular formula is C18H31N5O2. The number of nitrogens with zero attached hydrogens (tertiary/aromatic N) is 4. The molecule has 1 aliphatic heterocycles. The van der Waals surface area contributed by atoms with Crippen molar-refractivity contribution in [1.29, 1.82) is 0 Å². The molecule has 1 aliphatic rings. The van der Waals surface area contributed by atoms with E-state index in [9.17, 15) is 4.79 Å². The van der Waals surface area contributed by atoms with E-state index in [1.54, 1.807) is 12.1 Å². The lowest BCUT2D eigenvalue weighted by Gasteiger charge is -2.36. The lowest BCUT2D eigenvalue weighted by atomic mass is 10.3. The molecule has 0 saturated carbocycles. The number of piperazine rings is 1. The van der Waals surface area contributed by atoms with Crippen molar-refractivity contribution >= 4 is 11.9 Å². The summed E-state index contributed by atoms with van der Waals surface area (Å²) in [6.07, 6.45) is 3.99. The van der Waals surface area contributed by atoms with Gasteiger partial charge in [0.1, 0.15) is 0 Å². The van der Waals surface area contributed by atoms with Crippen molar-refractivity contribution in [2.24, 2.45) is 4.99 Å². The molecule has 0 unspecified atom stereocenters. The molecular weight excluding hydrogens is 318 g/mol. The largest absolute Gasteiger partial charge is 0.459 e. The van der Waals surface area contributed by atoms with Crippen LogP contribution in [0.1, 0.15) is 30.3 Å². The van der Waals surface area contributed by atoms with Gasteiger partial charge in [0.25, 0.3) is 5.91 Å². The van der Waals surface area contributed by atoms with E-state index >= 15 is 0 Å². The number of rotatable bonds is 7. The molecule has 1 aromatic rings. The molecule has 0 radical (unpaired) electrons. The zero-order chi connectivity index (χ0) is 18.1. The number of likely N-dealkylation sites (N-methyl/N-ethyl adjacent to an activating group) is 1. The van der Waals surface area contributed by atoms with Gasteiger partial charge in [0, 0.05) is 46.3 Å². The van der Waals surface area contributed by atoms with Crippen LogP contribution in [0, 0.1) is 0 Å². The molecule has 1 fully saturated rings. The number of carbonyl (C=O) groups is 1. The Morgan fingerprint density at radius 1 is 1.28 bits per heavy atom. The smallest absolute Gasteiger partial charge is 0.289 e. The lowest BCUT2D eigenvalue weighted by Crippen LogP contribution is -2.54. The van der Waals surface area contributed by atoms with E-state index in [-0.39, 0.29) is 5.91 Å². The van der Waals surface area contributed by atoms with Crippen LogP contribution in [0.25, 0.3) is 0 Å². The van der Waals surface area contributed by atoms with Crippen LogP contribution in [-0.2, 0) is 0 Å². The van der Waals surface area contributed by atoms with E-state index in [1.807, 2.05) is 11.9 Å². The van der Waals surface area contributed by atoms with Gasteiger partial charge in [-0.05, 0) is 32.1 Å². The number of unbranched alkanes of at least 4 members (excludes halogenated alkanes) is 1. The molecule has 1 N–H and O–H groups in total. The van der Waals surface area contributed by atoms with Crippen molar-refractivity contribution in [1.82, 2.24) is 20.0 Å². The minimum atomic E-state index is -0.0369. The molecule has 1 aromatic heterocycles. The topological polar surface area (TPSA) is 64.3 Å². The van der Waals surface area contributed by atoms with Gasteiger partial charge in [-0.1, -0.05) is 13.3 Å². The maximum absolute atomic E-state index is 12.3. The van der Waals surface area contributed by atoms with E-state index < -0.39 is 0 Å². The fourth-order valence-electron chi connectivity index (χ4n) is 2.91. The molecule has 1 amide bonds. The molecule has 25 heavy (non-hydrogen) atoms. The van der Waals surface area contributed by atoms with E-state index in [1.165, 1.54) is 19.1 Å². The fraction of sp³-hybridized carbons (Fsp3) is 0.667. The second-order valence-electron chi connectivity index (χ2n) is 6.39. The summed E-state index contributed by atoms with van der Waals surface area (Å²) in [5, 5.41) is 3.43. The minimum Gasteiger partial charge on any atom is -0.459 e. The third kappa shape index (κ3) is 5.77. The lowest BCUT2D eigenvalue weighted by molar-refractivity contribution is 0.0657. The van der Waals surface area contributed by atoms with Crippen LogP contribution in [0.5, 0.6) is 0 Å². The van der Waals surface area contributed by atoms with Crippen LogP contribution in [0.15, 0.2) is 27.8 Å². The van der Waals surface area contributed by atoms with Crippen LogP contribution >= 0.6 is 0 Å². The van der Waals surface area contributed by atoms with Crippen LogP contribution in [0.3, 0.4) is 0 Å². The normalized spacial score (nSPS) is 15.8. The van der Waals surface area contributed by atoms with Gasteiger partial charge in [-0.2, -0.15) is 0 Å². The SMILES string of the molecule is CCCCN(C)CCNC(=NC)N1CCN(C(=O)c2ccco2)CC1. The van der Waals surface area contributed by atoms with Gasteiger partial charge in [-0.3, -0.25) is 9.79 Å². The fourth-order valence-corrected chi connectivity index (χ4v) is 2.91. The third-order valence-corrected chi connectivity index (χ3v) is 4.48. The van der Waals surface area contributed by atoms with Crippen LogP contribution in [-0.4, -0.2) is 86.5 Å². The monoisotopic (exact) mass is 349 g/mol. The maximum atomic E-state index is 12.3. The summed E-state index contributed by atoms with van der Waals surface area (Å²) in [4.78, 5) is 23.1. The van der Waals surface area contributed by atoms with E-state index in [0.717, 1.165) is 38.7 Å². The Hall–Kier alpha value is -2.02. The zero-order valence-corrected chi connectivity index (χ0v) is 15.7. The van der Waals surface area contributed by atoms with Crippen LogP contribution < -0.4 is 5.32 Å². The molecule has 0 atom stereocenters. The quantitative estimate of drug-likeness (QED) is 0.595. The van der Waals surface area contributed by atoms with Crippen molar-refractivity contribution in [2.75, 3.05) is 59.9 Å². The van der Waals surface area contributed by atoms with Crippen molar-refractivity contribution in [3.8, 4) is 0 Å². The van der Waals surface area contributed by atoms with Gasteiger partial charge < -0.3 is 24.4 Å². The van der Waals surface area contributed by atoms with Gasteiger partial charge in [-0.25, -0.2) is 0 Å². The first-order chi connectivity index (χ1) is 12.2. The highest BCUT2D eigenvalue weighted by molar-refractivity contribution is 5.91. The number of furan rings is 1. The van der Waals surface area contributed by atoms with Crippen LogP contribution in [0.4, 0.5) is 0 Å². The Balaban J connectivity index is 1.73.